The Kier molecular flexibility index (Phi) is 4.04. The molecular formula is C10H17FO4. The van der Waals surface area contributed by atoms with E-state index in [9.17, 15) is 14.3 Å². The molecule has 0 aromatic heterocycles. The fourth-order valence-corrected chi connectivity index (χ4v) is 1.76. The van der Waals surface area contributed by atoms with Crippen molar-refractivity contribution in [3.8, 4) is 0 Å². The lowest BCUT2D eigenvalue weighted by molar-refractivity contribution is -0.173. The Bertz CT molecular complexity index is 233. The molecule has 0 aromatic rings. The molecule has 0 saturated carbocycles. The highest BCUT2D eigenvalue weighted by atomic mass is 19.1. The normalized spacial score (nSPS) is 33.5. The smallest absolute Gasteiger partial charge is 0.343 e. The molecule has 3 atom stereocenters. The number of ether oxygens (including phenoxy) is 2. The van der Waals surface area contributed by atoms with Crippen molar-refractivity contribution >= 4 is 5.97 Å². The second kappa shape index (κ2) is 4.90. The van der Waals surface area contributed by atoms with E-state index in [4.69, 9.17) is 4.74 Å². The lowest BCUT2D eigenvalue weighted by atomic mass is 9.86. The predicted octanol–water partition coefficient (Wildman–Crippen LogP) is 0.818. The number of hydrogen-bond acceptors (Lipinski definition) is 4. The van der Waals surface area contributed by atoms with Crippen LogP contribution in [0.1, 0.15) is 26.7 Å². The average molecular weight is 220 g/mol. The minimum atomic E-state index is -1.98. The lowest BCUT2D eigenvalue weighted by Crippen LogP contribution is -2.50. The van der Waals surface area contributed by atoms with Crippen LogP contribution in [0.3, 0.4) is 0 Å². The molecule has 1 N–H and O–H groups in total. The van der Waals surface area contributed by atoms with Crippen LogP contribution in [0.4, 0.5) is 4.39 Å². The zero-order valence-corrected chi connectivity index (χ0v) is 9.03. The van der Waals surface area contributed by atoms with E-state index >= 15 is 0 Å². The largest absolute Gasteiger partial charge is 0.464 e. The molecule has 5 heteroatoms. The van der Waals surface area contributed by atoms with Gasteiger partial charge < -0.3 is 14.6 Å². The summed E-state index contributed by atoms with van der Waals surface area (Å²) in [5.74, 6) is -0.992. The highest BCUT2D eigenvalue weighted by Crippen LogP contribution is 2.30. The standard InChI is InChI=1S/C10H17FO4/c1-3-14-9(12)8(11)10(13)4-5-15-7(2)6-10/h7-8,13H,3-6H2,1-2H3. The molecule has 1 fully saturated rings. The van der Waals surface area contributed by atoms with Crippen molar-refractivity contribution in [1.29, 1.82) is 0 Å². The first kappa shape index (κ1) is 12.4. The van der Waals surface area contributed by atoms with Crippen LogP contribution in [-0.4, -0.2) is 42.2 Å². The van der Waals surface area contributed by atoms with Crippen molar-refractivity contribution in [2.45, 2.75) is 44.6 Å². The monoisotopic (exact) mass is 220 g/mol. The van der Waals surface area contributed by atoms with Crippen molar-refractivity contribution in [2.75, 3.05) is 13.2 Å². The van der Waals surface area contributed by atoms with E-state index in [0.29, 0.717) is 0 Å². The van der Waals surface area contributed by atoms with Gasteiger partial charge in [0.05, 0.1) is 12.7 Å². The van der Waals surface area contributed by atoms with Crippen molar-refractivity contribution in [3.63, 3.8) is 0 Å². The van der Waals surface area contributed by atoms with Crippen molar-refractivity contribution in [2.24, 2.45) is 0 Å². The number of alkyl halides is 1. The number of carbonyl (C=O) groups is 1. The Morgan fingerprint density at radius 3 is 3.00 bits per heavy atom. The summed E-state index contributed by atoms with van der Waals surface area (Å²) in [6, 6.07) is 0. The molecule has 1 aliphatic rings. The number of rotatable bonds is 3. The molecule has 0 aliphatic carbocycles. The van der Waals surface area contributed by atoms with Gasteiger partial charge in [0.1, 0.15) is 5.60 Å². The topological polar surface area (TPSA) is 55.8 Å². The molecule has 1 heterocycles. The number of hydrogen-bond donors (Lipinski definition) is 1. The summed E-state index contributed by atoms with van der Waals surface area (Å²) >= 11 is 0. The van der Waals surface area contributed by atoms with Crippen LogP contribution >= 0.6 is 0 Å². The first-order chi connectivity index (χ1) is 6.99. The summed E-state index contributed by atoms with van der Waals surface area (Å²) in [5.41, 5.74) is -1.63. The van der Waals surface area contributed by atoms with Gasteiger partial charge in [0.2, 0.25) is 6.17 Å². The molecule has 1 rings (SSSR count). The van der Waals surface area contributed by atoms with Crippen molar-refractivity contribution in [3.05, 3.63) is 0 Å². The van der Waals surface area contributed by atoms with E-state index in [0.717, 1.165) is 0 Å². The molecular weight excluding hydrogens is 203 g/mol. The maximum absolute atomic E-state index is 13.6. The zero-order chi connectivity index (χ0) is 11.5. The molecule has 88 valence electrons. The van der Waals surface area contributed by atoms with E-state index in [1.54, 1.807) is 13.8 Å². The van der Waals surface area contributed by atoms with E-state index in [-0.39, 0.29) is 32.2 Å². The third-order valence-corrected chi connectivity index (χ3v) is 2.54. The van der Waals surface area contributed by atoms with Gasteiger partial charge in [0.15, 0.2) is 0 Å². The van der Waals surface area contributed by atoms with Crippen LogP contribution in [0.15, 0.2) is 0 Å². The van der Waals surface area contributed by atoms with Gasteiger partial charge in [-0.05, 0) is 13.8 Å². The van der Waals surface area contributed by atoms with Crippen LogP contribution in [0.2, 0.25) is 0 Å². The van der Waals surface area contributed by atoms with Gasteiger partial charge >= 0.3 is 5.97 Å². The number of carbonyl (C=O) groups excluding carboxylic acids is 1. The molecule has 0 bridgehead atoms. The van der Waals surface area contributed by atoms with Gasteiger partial charge in [-0.1, -0.05) is 0 Å². The maximum atomic E-state index is 13.6. The number of esters is 1. The number of aliphatic hydroxyl groups is 1. The highest BCUT2D eigenvalue weighted by molar-refractivity contribution is 5.76. The summed E-state index contributed by atoms with van der Waals surface area (Å²) < 4.78 is 23.4. The summed E-state index contributed by atoms with van der Waals surface area (Å²) in [6.07, 6.45) is -1.98. The minimum absolute atomic E-state index is 0.112. The summed E-state index contributed by atoms with van der Waals surface area (Å²) in [6.45, 7) is 3.71. The Morgan fingerprint density at radius 1 is 1.80 bits per heavy atom. The Hall–Kier alpha value is -0.680. The highest BCUT2D eigenvalue weighted by Gasteiger charge is 2.45. The molecule has 1 saturated heterocycles. The van der Waals surface area contributed by atoms with Gasteiger partial charge in [-0.25, -0.2) is 9.18 Å². The second-order valence-corrected chi connectivity index (χ2v) is 3.85. The van der Waals surface area contributed by atoms with Gasteiger partial charge in [0.25, 0.3) is 0 Å². The minimum Gasteiger partial charge on any atom is -0.464 e. The van der Waals surface area contributed by atoms with Gasteiger partial charge in [0, 0.05) is 19.4 Å². The lowest BCUT2D eigenvalue weighted by Gasteiger charge is -2.36. The molecule has 15 heavy (non-hydrogen) atoms. The molecule has 4 nitrogen and oxygen atoms in total. The Balaban J connectivity index is 2.63. The summed E-state index contributed by atoms with van der Waals surface area (Å²) in [7, 11) is 0. The van der Waals surface area contributed by atoms with E-state index in [1.807, 2.05) is 0 Å². The van der Waals surface area contributed by atoms with Crippen LogP contribution < -0.4 is 0 Å². The van der Waals surface area contributed by atoms with Gasteiger partial charge in [-0.3, -0.25) is 0 Å². The predicted molar refractivity (Wildman–Crippen MR) is 51.1 cm³/mol. The first-order valence-corrected chi connectivity index (χ1v) is 5.14. The van der Waals surface area contributed by atoms with E-state index in [2.05, 4.69) is 4.74 Å². The molecule has 0 aromatic carbocycles. The van der Waals surface area contributed by atoms with Crippen molar-refractivity contribution in [1.82, 2.24) is 0 Å². The quantitative estimate of drug-likeness (QED) is 0.715. The Morgan fingerprint density at radius 2 is 2.47 bits per heavy atom. The molecule has 0 radical (unpaired) electrons. The average Bonchev–Trinajstić information content (AvgIpc) is 2.16. The van der Waals surface area contributed by atoms with Crippen molar-refractivity contribution < 1.29 is 23.8 Å². The molecule has 0 amide bonds. The van der Waals surface area contributed by atoms with Gasteiger partial charge in [-0.2, -0.15) is 0 Å². The third kappa shape index (κ3) is 2.89. The molecule has 1 aliphatic heterocycles. The van der Waals surface area contributed by atoms with Crippen LogP contribution in [0.5, 0.6) is 0 Å². The molecule has 0 spiro atoms. The van der Waals surface area contributed by atoms with Crippen LogP contribution in [0.25, 0.3) is 0 Å². The maximum Gasteiger partial charge on any atom is 0.343 e. The fraction of sp³-hybridized carbons (Fsp3) is 0.900. The first-order valence-electron chi connectivity index (χ1n) is 5.14. The van der Waals surface area contributed by atoms with Crippen LogP contribution in [-0.2, 0) is 14.3 Å². The van der Waals surface area contributed by atoms with Gasteiger partial charge in [-0.15, -0.1) is 0 Å². The van der Waals surface area contributed by atoms with Crippen LogP contribution in [0, 0.1) is 0 Å². The summed E-state index contributed by atoms with van der Waals surface area (Å²) in [5, 5.41) is 9.95. The zero-order valence-electron chi connectivity index (χ0n) is 9.03. The Labute approximate surface area is 88.4 Å². The fourth-order valence-electron chi connectivity index (χ4n) is 1.76. The second-order valence-electron chi connectivity index (χ2n) is 3.85. The van der Waals surface area contributed by atoms with E-state index < -0.39 is 17.7 Å². The number of halogens is 1. The summed E-state index contributed by atoms with van der Waals surface area (Å²) in [4.78, 5) is 11.2. The molecule has 3 unspecified atom stereocenters. The SMILES string of the molecule is CCOC(=O)C(F)C1(O)CCOC(C)C1. The third-order valence-electron chi connectivity index (χ3n) is 2.54. The van der Waals surface area contributed by atoms with E-state index in [1.165, 1.54) is 0 Å².